The van der Waals surface area contributed by atoms with Gasteiger partial charge in [0.15, 0.2) is 0 Å². The number of rotatable bonds is 5. The fourth-order valence-electron chi connectivity index (χ4n) is 2.99. The number of nitrogens with zero attached hydrogens (tertiary/aromatic N) is 1. The molecule has 5 nitrogen and oxygen atoms in total. The molecule has 1 fully saturated rings. The van der Waals surface area contributed by atoms with Gasteiger partial charge in [-0.3, -0.25) is 4.79 Å². The quantitative estimate of drug-likeness (QED) is 0.833. The highest BCUT2D eigenvalue weighted by molar-refractivity contribution is 7.10. The molecular formula is C19H23N3O2S. The van der Waals surface area contributed by atoms with Gasteiger partial charge in [0.05, 0.1) is 6.04 Å². The lowest BCUT2D eigenvalue weighted by Crippen LogP contribution is -2.34. The van der Waals surface area contributed by atoms with E-state index in [-0.39, 0.29) is 18.0 Å². The molecule has 2 aromatic rings. The number of benzene rings is 1. The highest BCUT2D eigenvalue weighted by Gasteiger charge is 2.22. The summed E-state index contributed by atoms with van der Waals surface area (Å²) in [4.78, 5) is 27.0. The molecule has 3 amide bonds. The Bertz CT molecular complexity index is 726. The van der Waals surface area contributed by atoms with Crippen molar-refractivity contribution in [1.29, 1.82) is 0 Å². The number of hydrogen-bond donors (Lipinski definition) is 2. The second kappa shape index (κ2) is 7.70. The van der Waals surface area contributed by atoms with E-state index in [0.717, 1.165) is 23.5 Å². The van der Waals surface area contributed by atoms with Gasteiger partial charge in [0.1, 0.15) is 0 Å². The summed E-state index contributed by atoms with van der Waals surface area (Å²) in [6.45, 7) is 4.95. The zero-order chi connectivity index (χ0) is 17.8. The summed E-state index contributed by atoms with van der Waals surface area (Å²) in [5, 5.41) is 7.93. The Morgan fingerprint density at radius 1 is 1.20 bits per heavy atom. The Balaban J connectivity index is 1.61. The van der Waals surface area contributed by atoms with Gasteiger partial charge in [0.2, 0.25) is 5.91 Å². The third kappa shape index (κ3) is 4.20. The van der Waals surface area contributed by atoms with Crippen molar-refractivity contribution in [1.82, 2.24) is 5.32 Å². The number of hydrogen-bond acceptors (Lipinski definition) is 3. The number of thiophene rings is 1. The SMILES string of the molecule is CC(C)C(NC(=O)Nc1ccc(N2CCCC2=O)cc1)c1cccs1. The van der Waals surface area contributed by atoms with Crippen LogP contribution in [0.3, 0.4) is 0 Å². The van der Waals surface area contributed by atoms with Crippen LogP contribution in [0.4, 0.5) is 16.2 Å². The van der Waals surface area contributed by atoms with Crippen LogP contribution in [-0.4, -0.2) is 18.5 Å². The number of carbonyl (C=O) groups excluding carboxylic acids is 2. The molecule has 1 unspecified atom stereocenters. The molecular weight excluding hydrogens is 334 g/mol. The molecule has 1 saturated heterocycles. The Labute approximate surface area is 152 Å². The maximum atomic E-state index is 12.3. The van der Waals surface area contributed by atoms with Crippen LogP contribution in [0.5, 0.6) is 0 Å². The highest BCUT2D eigenvalue weighted by Crippen LogP contribution is 2.26. The van der Waals surface area contributed by atoms with E-state index in [0.29, 0.717) is 18.0 Å². The first kappa shape index (κ1) is 17.5. The van der Waals surface area contributed by atoms with Gasteiger partial charge in [0.25, 0.3) is 0 Å². The van der Waals surface area contributed by atoms with Crippen LogP contribution in [0, 0.1) is 5.92 Å². The molecule has 0 saturated carbocycles. The van der Waals surface area contributed by atoms with E-state index in [4.69, 9.17) is 0 Å². The summed E-state index contributed by atoms with van der Waals surface area (Å²) in [5.74, 6) is 0.460. The molecule has 2 N–H and O–H groups in total. The molecule has 0 spiro atoms. The molecule has 6 heteroatoms. The van der Waals surface area contributed by atoms with Gasteiger partial charge >= 0.3 is 6.03 Å². The van der Waals surface area contributed by atoms with Gasteiger partial charge in [-0.25, -0.2) is 4.79 Å². The zero-order valence-electron chi connectivity index (χ0n) is 14.5. The average molecular weight is 357 g/mol. The monoisotopic (exact) mass is 357 g/mol. The van der Waals surface area contributed by atoms with Crippen LogP contribution in [0.15, 0.2) is 41.8 Å². The summed E-state index contributed by atoms with van der Waals surface area (Å²) in [5.41, 5.74) is 1.59. The van der Waals surface area contributed by atoms with Crippen molar-refractivity contribution >= 4 is 34.6 Å². The predicted molar refractivity (Wildman–Crippen MR) is 102 cm³/mol. The van der Waals surface area contributed by atoms with Gasteiger partial charge in [0, 0.05) is 29.2 Å². The molecule has 1 aliphatic heterocycles. The topological polar surface area (TPSA) is 61.4 Å². The molecule has 3 rings (SSSR count). The van der Waals surface area contributed by atoms with E-state index in [1.54, 1.807) is 16.2 Å². The molecule has 1 aromatic heterocycles. The first-order chi connectivity index (χ1) is 12.0. The summed E-state index contributed by atoms with van der Waals surface area (Å²) in [7, 11) is 0. The van der Waals surface area contributed by atoms with Gasteiger partial charge in [-0.05, 0) is 48.1 Å². The lowest BCUT2D eigenvalue weighted by molar-refractivity contribution is -0.117. The van der Waals surface area contributed by atoms with E-state index in [1.165, 1.54) is 0 Å². The highest BCUT2D eigenvalue weighted by atomic mass is 32.1. The zero-order valence-corrected chi connectivity index (χ0v) is 15.3. The Morgan fingerprint density at radius 3 is 2.52 bits per heavy atom. The number of carbonyl (C=O) groups is 2. The molecule has 0 radical (unpaired) electrons. The van der Waals surface area contributed by atoms with Gasteiger partial charge in [-0.1, -0.05) is 19.9 Å². The smallest absolute Gasteiger partial charge is 0.319 e. The predicted octanol–water partition coefficient (Wildman–Crippen LogP) is 4.39. The Morgan fingerprint density at radius 2 is 1.96 bits per heavy atom. The van der Waals surface area contributed by atoms with Crippen LogP contribution in [0.1, 0.15) is 37.6 Å². The van der Waals surface area contributed by atoms with E-state index in [1.807, 2.05) is 41.8 Å². The summed E-state index contributed by atoms with van der Waals surface area (Å²) >= 11 is 1.64. The van der Waals surface area contributed by atoms with Crippen molar-refractivity contribution in [3.63, 3.8) is 0 Å². The summed E-state index contributed by atoms with van der Waals surface area (Å²) in [6, 6.07) is 11.2. The lowest BCUT2D eigenvalue weighted by Gasteiger charge is -2.21. The van der Waals surface area contributed by atoms with Crippen LogP contribution < -0.4 is 15.5 Å². The molecule has 2 heterocycles. The minimum Gasteiger partial charge on any atom is -0.330 e. The maximum Gasteiger partial charge on any atom is 0.319 e. The third-order valence-electron chi connectivity index (χ3n) is 4.31. The summed E-state index contributed by atoms with van der Waals surface area (Å²) in [6.07, 6.45) is 1.52. The van der Waals surface area contributed by atoms with Crippen molar-refractivity contribution < 1.29 is 9.59 Å². The molecule has 0 aliphatic carbocycles. The number of amides is 3. The number of urea groups is 1. The van der Waals surface area contributed by atoms with E-state index >= 15 is 0 Å². The molecule has 1 aromatic carbocycles. The van der Waals surface area contributed by atoms with Crippen molar-refractivity contribution in [2.24, 2.45) is 5.92 Å². The second-order valence-electron chi connectivity index (χ2n) is 6.53. The van der Waals surface area contributed by atoms with E-state index < -0.39 is 0 Å². The van der Waals surface area contributed by atoms with Gasteiger partial charge in [-0.2, -0.15) is 0 Å². The molecule has 132 valence electrons. The van der Waals surface area contributed by atoms with Crippen molar-refractivity contribution in [3.8, 4) is 0 Å². The largest absolute Gasteiger partial charge is 0.330 e. The van der Waals surface area contributed by atoms with Crippen LogP contribution in [-0.2, 0) is 4.79 Å². The Hall–Kier alpha value is -2.34. The lowest BCUT2D eigenvalue weighted by atomic mass is 10.0. The third-order valence-corrected chi connectivity index (χ3v) is 5.27. The average Bonchev–Trinajstić information content (AvgIpc) is 3.25. The number of nitrogens with one attached hydrogen (secondary N) is 2. The molecule has 1 atom stereocenters. The van der Waals surface area contributed by atoms with Crippen LogP contribution in [0.2, 0.25) is 0 Å². The van der Waals surface area contributed by atoms with Gasteiger partial charge < -0.3 is 15.5 Å². The van der Waals surface area contributed by atoms with Gasteiger partial charge in [-0.15, -0.1) is 11.3 Å². The van der Waals surface area contributed by atoms with Crippen molar-refractivity contribution in [3.05, 3.63) is 46.7 Å². The molecule has 1 aliphatic rings. The fraction of sp³-hybridized carbons (Fsp3) is 0.368. The standard InChI is InChI=1S/C19H23N3O2S/c1-13(2)18(16-5-4-12-25-16)21-19(24)20-14-7-9-15(10-8-14)22-11-3-6-17(22)23/h4-5,7-10,12-13,18H,3,6,11H2,1-2H3,(H2,20,21,24). The van der Waals surface area contributed by atoms with Crippen molar-refractivity contribution in [2.75, 3.05) is 16.8 Å². The van der Waals surface area contributed by atoms with Crippen LogP contribution >= 0.6 is 11.3 Å². The second-order valence-corrected chi connectivity index (χ2v) is 7.51. The summed E-state index contributed by atoms with van der Waals surface area (Å²) < 4.78 is 0. The first-order valence-corrected chi connectivity index (χ1v) is 9.44. The molecule has 25 heavy (non-hydrogen) atoms. The Kier molecular flexibility index (Phi) is 5.38. The van der Waals surface area contributed by atoms with Crippen LogP contribution in [0.25, 0.3) is 0 Å². The van der Waals surface area contributed by atoms with Crippen molar-refractivity contribution in [2.45, 2.75) is 32.7 Å². The van der Waals surface area contributed by atoms with E-state index in [9.17, 15) is 9.59 Å². The minimum atomic E-state index is -0.225. The molecule has 0 bridgehead atoms. The fourth-order valence-corrected chi connectivity index (χ4v) is 3.94. The number of anilines is 2. The first-order valence-electron chi connectivity index (χ1n) is 8.56. The minimum absolute atomic E-state index is 0.0125. The maximum absolute atomic E-state index is 12.3. The normalized spacial score (nSPS) is 15.5. The van der Waals surface area contributed by atoms with E-state index in [2.05, 4.69) is 24.5 Å².